The molecule has 0 aromatic heterocycles. The van der Waals surface area contributed by atoms with Crippen LogP contribution in [0.5, 0.6) is 11.5 Å². The summed E-state index contributed by atoms with van der Waals surface area (Å²) >= 11 is 6.05. The number of nitrogens with zero attached hydrogens (tertiary/aromatic N) is 1. The highest BCUT2D eigenvalue weighted by atomic mass is 35.5. The summed E-state index contributed by atoms with van der Waals surface area (Å²) in [6, 6.07) is 12.0. The van der Waals surface area contributed by atoms with Gasteiger partial charge in [-0.2, -0.15) is 0 Å². The van der Waals surface area contributed by atoms with Crippen molar-refractivity contribution in [2.24, 2.45) is 0 Å². The third kappa shape index (κ3) is 7.17. The summed E-state index contributed by atoms with van der Waals surface area (Å²) in [6.45, 7) is 7.59. The number of carbonyl (C=O) groups excluding carboxylic acids is 2. The SMILES string of the molecule is CC[C@@H](C)NC(=O)[C@H](C)N(Cc1cccc(OC)c1)C(=O)COc1ccc(Cl)c(C)c1. The van der Waals surface area contributed by atoms with Crippen LogP contribution in [0.25, 0.3) is 0 Å². The molecule has 0 heterocycles. The fourth-order valence-corrected chi connectivity index (χ4v) is 3.07. The molecule has 2 atom stereocenters. The molecule has 0 aliphatic carbocycles. The van der Waals surface area contributed by atoms with Crippen LogP contribution in [-0.2, 0) is 16.1 Å². The van der Waals surface area contributed by atoms with E-state index in [2.05, 4.69) is 5.32 Å². The van der Waals surface area contributed by atoms with Crippen LogP contribution in [0.1, 0.15) is 38.3 Å². The second-order valence-electron chi connectivity index (χ2n) is 7.57. The largest absolute Gasteiger partial charge is 0.497 e. The molecule has 0 radical (unpaired) electrons. The number of methoxy groups -OCH3 is 1. The van der Waals surface area contributed by atoms with Crippen LogP contribution in [-0.4, -0.2) is 42.5 Å². The van der Waals surface area contributed by atoms with Crippen molar-refractivity contribution in [2.75, 3.05) is 13.7 Å². The van der Waals surface area contributed by atoms with Crippen LogP contribution in [0.2, 0.25) is 5.02 Å². The van der Waals surface area contributed by atoms with Gasteiger partial charge in [-0.15, -0.1) is 0 Å². The Bertz CT molecular complexity index is 903. The van der Waals surface area contributed by atoms with Gasteiger partial charge in [0.2, 0.25) is 5.91 Å². The highest BCUT2D eigenvalue weighted by molar-refractivity contribution is 6.31. The molecule has 0 unspecified atom stereocenters. The number of nitrogens with one attached hydrogen (secondary N) is 1. The molecule has 7 heteroatoms. The summed E-state index contributed by atoms with van der Waals surface area (Å²) in [5.74, 6) is 0.748. The van der Waals surface area contributed by atoms with Crippen molar-refractivity contribution in [3.05, 3.63) is 58.6 Å². The minimum Gasteiger partial charge on any atom is -0.497 e. The molecule has 2 aromatic rings. The number of carbonyl (C=O) groups is 2. The standard InChI is InChI=1S/C24H31ClN2O4/c1-6-17(3)26-24(29)18(4)27(14-19-8-7-9-20(13-19)30-5)23(28)15-31-21-10-11-22(25)16(2)12-21/h7-13,17-18H,6,14-15H2,1-5H3,(H,26,29)/t17-,18+/m1/s1. The Morgan fingerprint density at radius 2 is 1.87 bits per heavy atom. The zero-order valence-electron chi connectivity index (χ0n) is 18.8. The molecule has 31 heavy (non-hydrogen) atoms. The minimum absolute atomic E-state index is 0.0250. The van der Waals surface area contributed by atoms with Gasteiger partial charge in [-0.1, -0.05) is 30.7 Å². The van der Waals surface area contributed by atoms with Crippen LogP contribution in [0, 0.1) is 6.92 Å². The van der Waals surface area contributed by atoms with Crippen molar-refractivity contribution in [2.45, 2.75) is 52.7 Å². The van der Waals surface area contributed by atoms with Gasteiger partial charge in [0, 0.05) is 17.6 Å². The number of ether oxygens (including phenoxy) is 2. The molecule has 1 N–H and O–H groups in total. The van der Waals surface area contributed by atoms with Gasteiger partial charge in [0.15, 0.2) is 6.61 Å². The van der Waals surface area contributed by atoms with Crippen molar-refractivity contribution in [1.29, 1.82) is 0 Å². The first kappa shape index (κ1) is 24.5. The van der Waals surface area contributed by atoms with Crippen molar-refractivity contribution in [3.8, 4) is 11.5 Å². The summed E-state index contributed by atoms with van der Waals surface area (Å²) in [5.41, 5.74) is 1.72. The summed E-state index contributed by atoms with van der Waals surface area (Å²) in [6.07, 6.45) is 0.807. The molecule has 2 rings (SSSR count). The first-order chi connectivity index (χ1) is 14.7. The van der Waals surface area contributed by atoms with Crippen LogP contribution < -0.4 is 14.8 Å². The lowest BCUT2D eigenvalue weighted by Crippen LogP contribution is -2.50. The van der Waals surface area contributed by atoms with Gasteiger partial charge in [-0.25, -0.2) is 0 Å². The predicted octanol–water partition coefficient (Wildman–Crippen LogP) is 4.37. The predicted molar refractivity (Wildman–Crippen MR) is 123 cm³/mol. The lowest BCUT2D eigenvalue weighted by Gasteiger charge is -2.29. The Kier molecular flexibility index (Phi) is 9.19. The van der Waals surface area contributed by atoms with Crippen molar-refractivity contribution < 1.29 is 19.1 Å². The summed E-state index contributed by atoms with van der Waals surface area (Å²) < 4.78 is 11.0. The Hall–Kier alpha value is -2.73. The van der Waals surface area contributed by atoms with Gasteiger partial charge in [-0.05, 0) is 68.7 Å². The lowest BCUT2D eigenvalue weighted by molar-refractivity contribution is -0.142. The van der Waals surface area contributed by atoms with E-state index >= 15 is 0 Å². The molecule has 0 saturated carbocycles. The van der Waals surface area contributed by atoms with E-state index in [1.165, 1.54) is 4.90 Å². The molecule has 168 valence electrons. The molecule has 6 nitrogen and oxygen atoms in total. The topological polar surface area (TPSA) is 67.9 Å². The maximum atomic E-state index is 13.1. The van der Waals surface area contributed by atoms with E-state index < -0.39 is 6.04 Å². The maximum absolute atomic E-state index is 13.1. The van der Waals surface area contributed by atoms with Crippen LogP contribution in [0.15, 0.2) is 42.5 Å². The van der Waals surface area contributed by atoms with Gasteiger partial charge in [0.1, 0.15) is 17.5 Å². The van der Waals surface area contributed by atoms with E-state index in [1.807, 2.05) is 45.0 Å². The van der Waals surface area contributed by atoms with Crippen molar-refractivity contribution in [3.63, 3.8) is 0 Å². The second-order valence-corrected chi connectivity index (χ2v) is 7.97. The number of aryl methyl sites for hydroxylation is 1. The highest BCUT2D eigenvalue weighted by Crippen LogP contribution is 2.21. The van der Waals surface area contributed by atoms with Crippen molar-refractivity contribution >= 4 is 23.4 Å². The molecule has 0 fully saturated rings. The Morgan fingerprint density at radius 1 is 1.13 bits per heavy atom. The fraction of sp³-hybridized carbons (Fsp3) is 0.417. The maximum Gasteiger partial charge on any atom is 0.261 e. The molecule has 0 bridgehead atoms. The van der Waals surface area contributed by atoms with Gasteiger partial charge < -0.3 is 19.7 Å². The zero-order chi connectivity index (χ0) is 23.0. The molecule has 2 aromatic carbocycles. The number of rotatable bonds is 10. The molecule has 0 spiro atoms. The van der Waals surface area contributed by atoms with E-state index in [0.717, 1.165) is 17.5 Å². The van der Waals surface area contributed by atoms with Crippen molar-refractivity contribution in [1.82, 2.24) is 10.2 Å². The Balaban J connectivity index is 2.18. The zero-order valence-corrected chi connectivity index (χ0v) is 19.5. The molecule has 2 amide bonds. The number of hydrogen-bond donors (Lipinski definition) is 1. The number of hydrogen-bond acceptors (Lipinski definition) is 4. The van der Waals surface area contributed by atoms with Crippen LogP contribution in [0.4, 0.5) is 0 Å². The smallest absolute Gasteiger partial charge is 0.261 e. The summed E-state index contributed by atoms with van der Waals surface area (Å²) in [5, 5.41) is 3.58. The van der Waals surface area contributed by atoms with Crippen LogP contribution in [0.3, 0.4) is 0 Å². The van der Waals surface area contributed by atoms with E-state index in [-0.39, 0.29) is 31.0 Å². The first-order valence-corrected chi connectivity index (χ1v) is 10.7. The average Bonchev–Trinajstić information content (AvgIpc) is 2.77. The highest BCUT2D eigenvalue weighted by Gasteiger charge is 2.27. The number of benzene rings is 2. The Labute approximate surface area is 189 Å². The average molecular weight is 447 g/mol. The second kappa shape index (κ2) is 11.6. The van der Waals surface area contributed by atoms with Gasteiger partial charge in [0.05, 0.1) is 7.11 Å². The fourth-order valence-electron chi connectivity index (χ4n) is 2.95. The van der Waals surface area contributed by atoms with Gasteiger partial charge in [-0.3, -0.25) is 9.59 Å². The van der Waals surface area contributed by atoms with E-state index in [9.17, 15) is 9.59 Å². The van der Waals surface area contributed by atoms with Gasteiger partial charge in [0.25, 0.3) is 5.91 Å². The number of halogens is 1. The summed E-state index contributed by atoms with van der Waals surface area (Å²) in [7, 11) is 1.59. The molecule has 0 aliphatic rings. The third-order valence-corrected chi connectivity index (χ3v) is 5.57. The number of amides is 2. The molecule has 0 aliphatic heterocycles. The molecular formula is C24H31ClN2O4. The molecule has 0 saturated heterocycles. The Morgan fingerprint density at radius 3 is 2.52 bits per heavy atom. The van der Waals surface area contributed by atoms with E-state index in [1.54, 1.807) is 32.2 Å². The van der Waals surface area contributed by atoms with E-state index in [4.69, 9.17) is 21.1 Å². The summed E-state index contributed by atoms with van der Waals surface area (Å²) in [4.78, 5) is 27.4. The van der Waals surface area contributed by atoms with Gasteiger partial charge >= 0.3 is 0 Å². The van der Waals surface area contributed by atoms with Crippen LogP contribution >= 0.6 is 11.6 Å². The normalized spacial score (nSPS) is 12.6. The monoisotopic (exact) mass is 446 g/mol. The first-order valence-electron chi connectivity index (χ1n) is 10.4. The van der Waals surface area contributed by atoms with E-state index in [0.29, 0.717) is 16.5 Å². The third-order valence-electron chi connectivity index (χ3n) is 5.15. The lowest BCUT2D eigenvalue weighted by atomic mass is 10.1. The quantitative estimate of drug-likeness (QED) is 0.588. The molecular weight excluding hydrogens is 416 g/mol. The minimum atomic E-state index is -0.664.